The van der Waals surface area contributed by atoms with Gasteiger partial charge in [0.1, 0.15) is 6.61 Å². The lowest BCUT2D eigenvalue weighted by molar-refractivity contribution is 0.206. The third-order valence-corrected chi connectivity index (χ3v) is 6.37. The third-order valence-electron chi connectivity index (χ3n) is 6.37. The lowest BCUT2D eigenvalue weighted by Crippen LogP contribution is -2.40. The summed E-state index contributed by atoms with van der Waals surface area (Å²) in [6.45, 7) is 5.23. The van der Waals surface area contributed by atoms with Gasteiger partial charge in [-0.15, -0.1) is 0 Å². The number of nitrogen functional groups attached to an aromatic ring is 1. The van der Waals surface area contributed by atoms with Crippen LogP contribution in [0.15, 0.2) is 42.7 Å². The molecule has 1 atom stereocenters. The second-order valence-corrected chi connectivity index (χ2v) is 8.39. The summed E-state index contributed by atoms with van der Waals surface area (Å²) >= 11 is 0. The molecule has 166 valence electrons. The highest BCUT2D eigenvalue weighted by Crippen LogP contribution is 2.44. The van der Waals surface area contributed by atoms with E-state index in [0.717, 1.165) is 49.4 Å². The Labute approximate surface area is 186 Å². The number of nitrogens with zero attached hydrogens (tertiary/aromatic N) is 5. The molecule has 0 bridgehead atoms. The average molecular weight is 434 g/mol. The Bertz CT molecular complexity index is 1130. The molecule has 2 aliphatic heterocycles. The number of nitrogens with two attached hydrogens (primary N) is 1. The molecule has 2 amide bonds. The van der Waals surface area contributed by atoms with Crippen molar-refractivity contribution in [3.05, 3.63) is 54.1 Å². The van der Waals surface area contributed by atoms with Gasteiger partial charge in [0.2, 0.25) is 0 Å². The normalized spacial score (nSPS) is 19.3. The van der Waals surface area contributed by atoms with E-state index in [4.69, 9.17) is 15.6 Å². The maximum Gasteiger partial charge on any atom is 0.317 e. The van der Waals surface area contributed by atoms with Crippen LogP contribution in [-0.4, -0.2) is 50.3 Å². The van der Waals surface area contributed by atoms with Gasteiger partial charge in [-0.2, -0.15) is 5.10 Å². The largest absolute Gasteiger partial charge is 0.483 e. The van der Waals surface area contributed by atoms with Crippen molar-refractivity contribution in [3.63, 3.8) is 0 Å². The molecule has 0 saturated carbocycles. The maximum atomic E-state index is 12.3. The molecule has 1 fully saturated rings. The summed E-state index contributed by atoms with van der Waals surface area (Å²) < 4.78 is 7.95. The van der Waals surface area contributed by atoms with Crippen LogP contribution in [0, 0.1) is 0 Å². The van der Waals surface area contributed by atoms with E-state index < -0.39 is 0 Å². The van der Waals surface area contributed by atoms with Gasteiger partial charge in [-0.3, -0.25) is 9.67 Å². The number of carbonyl (C=O) groups is 1. The lowest BCUT2D eigenvalue weighted by Gasteiger charge is -2.23. The van der Waals surface area contributed by atoms with Gasteiger partial charge in [0.25, 0.3) is 0 Å². The minimum Gasteiger partial charge on any atom is -0.483 e. The molecule has 3 N–H and O–H groups in total. The second-order valence-electron chi connectivity index (χ2n) is 8.39. The molecular weight excluding hydrogens is 406 g/mol. The number of carbonyl (C=O) groups excluding carboxylic acids is 1. The molecule has 5 rings (SSSR count). The van der Waals surface area contributed by atoms with Crippen LogP contribution in [0.25, 0.3) is 11.3 Å². The van der Waals surface area contributed by atoms with Crippen molar-refractivity contribution in [1.82, 2.24) is 30.0 Å². The standard InChI is InChI=1S/C23H27N7O2/c1-2-25-22(31)29-9-6-23(15-29)7-10-30-20(23)12-18(28-30)16-11-19(21(24)27-13-16)32-14-17-5-3-4-8-26-17/h3-5,8,11-13H,2,6-7,9-10,14-15H2,1H3,(H2,24,27)(H,25,31). The molecule has 3 aromatic heterocycles. The van der Waals surface area contributed by atoms with E-state index in [0.29, 0.717) is 24.7 Å². The predicted molar refractivity (Wildman–Crippen MR) is 120 cm³/mol. The number of amides is 2. The van der Waals surface area contributed by atoms with Gasteiger partial charge in [0.05, 0.1) is 11.4 Å². The number of anilines is 1. The number of hydrogen-bond acceptors (Lipinski definition) is 6. The number of fused-ring (bicyclic) bond motifs is 2. The number of likely N-dealkylation sites (tertiary alicyclic amines) is 1. The van der Waals surface area contributed by atoms with Crippen molar-refractivity contribution in [2.45, 2.75) is 38.3 Å². The summed E-state index contributed by atoms with van der Waals surface area (Å²) in [6, 6.07) is 9.71. The van der Waals surface area contributed by atoms with Crippen LogP contribution in [0.3, 0.4) is 0 Å². The monoisotopic (exact) mass is 433 g/mol. The Morgan fingerprint density at radius 3 is 2.94 bits per heavy atom. The molecule has 32 heavy (non-hydrogen) atoms. The number of rotatable bonds is 5. The summed E-state index contributed by atoms with van der Waals surface area (Å²) in [5, 5.41) is 7.73. The van der Waals surface area contributed by atoms with Crippen LogP contribution in [0.2, 0.25) is 0 Å². The number of hydrogen-bond donors (Lipinski definition) is 2. The van der Waals surface area contributed by atoms with Gasteiger partial charge >= 0.3 is 6.03 Å². The summed E-state index contributed by atoms with van der Waals surface area (Å²) in [4.78, 5) is 22.8. The summed E-state index contributed by atoms with van der Waals surface area (Å²) in [6.07, 6.45) is 5.41. The van der Waals surface area contributed by atoms with Gasteiger partial charge in [0, 0.05) is 55.2 Å². The van der Waals surface area contributed by atoms with E-state index in [9.17, 15) is 4.79 Å². The Morgan fingerprint density at radius 2 is 2.12 bits per heavy atom. The van der Waals surface area contributed by atoms with E-state index in [1.807, 2.05) is 36.1 Å². The highest BCUT2D eigenvalue weighted by atomic mass is 16.5. The predicted octanol–water partition coefficient (Wildman–Crippen LogP) is 2.58. The fourth-order valence-electron chi connectivity index (χ4n) is 4.67. The van der Waals surface area contributed by atoms with Crippen molar-refractivity contribution >= 4 is 11.8 Å². The fraction of sp³-hybridized carbons (Fsp3) is 0.391. The van der Waals surface area contributed by atoms with Crippen LogP contribution >= 0.6 is 0 Å². The molecule has 1 unspecified atom stereocenters. The first-order chi connectivity index (χ1) is 15.6. The van der Waals surface area contributed by atoms with Crippen LogP contribution in [0.4, 0.5) is 10.6 Å². The third kappa shape index (κ3) is 3.63. The van der Waals surface area contributed by atoms with Crippen LogP contribution in [0.1, 0.15) is 31.2 Å². The number of nitrogens with one attached hydrogen (secondary N) is 1. The zero-order valence-electron chi connectivity index (χ0n) is 18.1. The molecule has 1 spiro atoms. The van der Waals surface area contributed by atoms with E-state index in [1.165, 1.54) is 5.69 Å². The Morgan fingerprint density at radius 1 is 1.25 bits per heavy atom. The molecule has 0 aliphatic carbocycles. The minimum absolute atomic E-state index is 0.0139. The SMILES string of the molecule is CCNC(=O)N1CCC2(CCn3nc(-c4cnc(N)c(OCc5ccccn5)c4)cc32)C1. The number of pyridine rings is 2. The number of aryl methyl sites for hydroxylation is 1. The summed E-state index contributed by atoms with van der Waals surface area (Å²) in [5.41, 5.74) is 9.71. The van der Waals surface area contributed by atoms with Crippen molar-refractivity contribution in [2.24, 2.45) is 0 Å². The van der Waals surface area contributed by atoms with Gasteiger partial charge in [-0.05, 0) is 44.0 Å². The number of urea groups is 1. The van der Waals surface area contributed by atoms with E-state index in [1.54, 1.807) is 12.4 Å². The summed E-state index contributed by atoms with van der Waals surface area (Å²) in [5.74, 6) is 0.848. The molecule has 0 aromatic carbocycles. The first kappa shape index (κ1) is 20.3. The molecular formula is C23H27N7O2. The lowest BCUT2D eigenvalue weighted by atomic mass is 9.82. The second kappa shape index (κ2) is 8.14. The fourth-order valence-corrected chi connectivity index (χ4v) is 4.67. The molecule has 0 radical (unpaired) electrons. The molecule has 5 heterocycles. The van der Waals surface area contributed by atoms with E-state index >= 15 is 0 Å². The molecule has 2 aliphatic rings. The van der Waals surface area contributed by atoms with Gasteiger partial charge < -0.3 is 20.7 Å². The van der Waals surface area contributed by atoms with Crippen LogP contribution < -0.4 is 15.8 Å². The maximum absolute atomic E-state index is 12.3. The quantitative estimate of drug-likeness (QED) is 0.640. The van der Waals surface area contributed by atoms with Crippen molar-refractivity contribution in [3.8, 4) is 17.0 Å². The Hall–Kier alpha value is -3.62. The molecule has 3 aromatic rings. The van der Waals surface area contributed by atoms with Crippen molar-refractivity contribution < 1.29 is 9.53 Å². The Balaban J connectivity index is 1.36. The topological polar surface area (TPSA) is 111 Å². The van der Waals surface area contributed by atoms with E-state index in [2.05, 4.69) is 26.0 Å². The highest BCUT2D eigenvalue weighted by Gasteiger charge is 2.46. The molecule has 9 heteroatoms. The first-order valence-electron chi connectivity index (χ1n) is 11.0. The van der Waals surface area contributed by atoms with Crippen LogP contribution in [-0.2, 0) is 18.6 Å². The minimum atomic E-state index is -0.0319. The summed E-state index contributed by atoms with van der Waals surface area (Å²) in [7, 11) is 0. The van der Waals surface area contributed by atoms with E-state index in [-0.39, 0.29) is 11.4 Å². The van der Waals surface area contributed by atoms with Crippen LogP contribution in [0.5, 0.6) is 5.75 Å². The zero-order valence-corrected chi connectivity index (χ0v) is 18.1. The van der Waals surface area contributed by atoms with Crippen molar-refractivity contribution in [2.75, 3.05) is 25.4 Å². The zero-order chi connectivity index (χ0) is 22.1. The average Bonchev–Trinajstić information content (AvgIpc) is 3.51. The smallest absolute Gasteiger partial charge is 0.317 e. The Kier molecular flexibility index (Phi) is 5.16. The number of ether oxygens (including phenoxy) is 1. The first-order valence-corrected chi connectivity index (χ1v) is 11.0. The highest BCUT2D eigenvalue weighted by molar-refractivity contribution is 5.75. The van der Waals surface area contributed by atoms with Gasteiger partial charge in [0.15, 0.2) is 11.6 Å². The molecule has 9 nitrogen and oxygen atoms in total. The van der Waals surface area contributed by atoms with Gasteiger partial charge in [-0.1, -0.05) is 6.07 Å². The number of aromatic nitrogens is 4. The molecule has 1 saturated heterocycles. The van der Waals surface area contributed by atoms with Gasteiger partial charge in [-0.25, -0.2) is 9.78 Å². The van der Waals surface area contributed by atoms with Crippen molar-refractivity contribution in [1.29, 1.82) is 0 Å².